The number of unbranched alkanes of at least 4 members (excludes halogenated alkanes) is 10. The first kappa shape index (κ1) is 47.2. The fraction of sp³-hybridized carbons (Fsp3) is 0.725. The zero-order valence-electron chi connectivity index (χ0n) is 31.9. The Bertz CT molecular complexity index is 968. The number of carbonyl (C=O) groups excluding carboxylic acids is 1. The highest BCUT2D eigenvalue weighted by Gasteiger charge is 2.20. The molecule has 0 aromatic rings. The van der Waals surface area contributed by atoms with Gasteiger partial charge in [-0.15, -0.1) is 0 Å². The van der Waals surface area contributed by atoms with Gasteiger partial charge in [0.15, 0.2) is 0 Å². The summed E-state index contributed by atoms with van der Waals surface area (Å²) in [6.45, 7) is 5.13. The zero-order chi connectivity index (χ0) is 36.3. The van der Waals surface area contributed by atoms with Crippen molar-refractivity contribution in [1.82, 2.24) is 0 Å². The van der Waals surface area contributed by atoms with Gasteiger partial charge in [0.1, 0.15) is 19.3 Å². The first-order valence-corrected chi connectivity index (χ1v) is 20.5. The maximum absolute atomic E-state index is 12.6. The van der Waals surface area contributed by atoms with Crippen LogP contribution in [0.2, 0.25) is 0 Å². The molecule has 0 radical (unpaired) electrons. The van der Waals surface area contributed by atoms with Gasteiger partial charge >= 0.3 is 5.97 Å². The quantitative estimate of drug-likeness (QED) is 0.0216. The molecule has 0 saturated carbocycles. The van der Waals surface area contributed by atoms with Gasteiger partial charge in [-0.25, -0.2) is 0 Å². The fourth-order valence-electron chi connectivity index (χ4n) is 4.57. The summed E-state index contributed by atoms with van der Waals surface area (Å²) in [6.07, 6.45) is 39.5. The van der Waals surface area contributed by atoms with Crippen molar-refractivity contribution in [3.63, 3.8) is 0 Å². The van der Waals surface area contributed by atoms with Gasteiger partial charge in [-0.3, -0.25) is 9.36 Å². The lowest BCUT2D eigenvalue weighted by Gasteiger charge is -2.28. The van der Waals surface area contributed by atoms with E-state index in [4.69, 9.17) is 18.5 Å². The SMILES string of the molecule is CC/C=C\C/C=C\C/C=C\C/C=C\CCCCCOCC(COP(=O)([O-])OCC[N+](C)(C)C)OC(=O)CCCCCCC/C=C\CCCC. The lowest BCUT2D eigenvalue weighted by molar-refractivity contribution is -0.870. The molecule has 0 bridgehead atoms. The van der Waals surface area contributed by atoms with E-state index in [9.17, 15) is 14.3 Å². The molecule has 0 spiro atoms. The minimum atomic E-state index is -4.53. The standard InChI is InChI=1S/C40H72NO7P/c1-6-8-10-12-14-16-18-19-20-21-22-24-26-28-30-32-35-45-37-39(38-47-49(43,44)46-36-34-41(3,4)5)48-40(42)33-31-29-27-25-23-17-15-13-11-9-7-2/h8,10,13-16,19-20,22,24,39H,6-7,9,11-12,17-18,21,23,25-38H2,1-5H3/b10-8-,15-13-,16-14-,20-19-,24-22-. The normalized spacial score (nSPS) is 14.7. The Balaban J connectivity index is 4.39. The number of allylic oxidation sites excluding steroid dienone is 10. The maximum atomic E-state index is 12.6. The van der Waals surface area contributed by atoms with Gasteiger partial charge in [0.25, 0.3) is 7.82 Å². The molecule has 0 aliphatic heterocycles. The van der Waals surface area contributed by atoms with E-state index in [0.29, 0.717) is 24.1 Å². The van der Waals surface area contributed by atoms with Gasteiger partial charge in [0.2, 0.25) is 0 Å². The molecule has 8 nitrogen and oxygen atoms in total. The number of phosphoric acid groups is 1. The Hall–Kier alpha value is -1.80. The molecule has 0 amide bonds. The number of carbonyl (C=O) groups is 1. The molecule has 284 valence electrons. The van der Waals surface area contributed by atoms with Gasteiger partial charge in [0, 0.05) is 13.0 Å². The van der Waals surface area contributed by atoms with Crippen LogP contribution in [0.1, 0.15) is 129 Å². The molecule has 2 unspecified atom stereocenters. The van der Waals surface area contributed by atoms with Gasteiger partial charge in [-0.2, -0.15) is 0 Å². The van der Waals surface area contributed by atoms with Crippen molar-refractivity contribution in [2.24, 2.45) is 0 Å². The maximum Gasteiger partial charge on any atom is 0.306 e. The molecular formula is C40H72NO7P. The molecule has 0 N–H and O–H groups in total. The Morgan fingerprint density at radius 2 is 1.18 bits per heavy atom. The Morgan fingerprint density at radius 3 is 1.80 bits per heavy atom. The second kappa shape index (κ2) is 33.3. The third-order valence-electron chi connectivity index (χ3n) is 7.55. The first-order chi connectivity index (χ1) is 23.6. The minimum absolute atomic E-state index is 0.0152. The minimum Gasteiger partial charge on any atom is -0.756 e. The number of likely N-dealkylation sites (N-methyl/N-ethyl adjacent to an activating group) is 1. The van der Waals surface area contributed by atoms with Crippen molar-refractivity contribution in [3.05, 3.63) is 60.8 Å². The molecular weight excluding hydrogens is 637 g/mol. The van der Waals surface area contributed by atoms with Crippen molar-refractivity contribution in [3.8, 4) is 0 Å². The van der Waals surface area contributed by atoms with Gasteiger partial charge in [-0.05, 0) is 70.6 Å². The zero-order valence-corrected chi connectivity index (χ0v) is 32.8. The van der Waals surface area contributed by atoms with E-state index in [2.05, 4.69) is 74.6 Å². The van der Waals surface area contributed by atoms with Gasteiger partial charge < -0.3 is 27.9 Å². The summed E-state index contributed by atoms with van der Waals surface area (Å²) in [7, 11) is 1.32. The number of ether oxygens (including phenoxy) is 2. The first-order valence-electron chi connectivity index (χ1n) is 19.0. The predicted molar refractivity (Wildman–Crippen MR) is 203 cm³/mol. The summed E-state index contributed by atoms with van der Waals surface area (Å²) < 4.78 is 34.4. The van der Waals surface area contributed by atoms with E-state index >= 15 is 0 Å². The largest absolute Gasteiger partial charge is 0.756 e. The summed E-state index contributed by atoms with van der Waals surface area (Å²) in [4.78, 5) is 24.9. The number of esters is 1. The van der Waals surface area contributed by atoms with E-state index in [1.807, 2.05) is 21.1 Å². The van der Waals surface area contributed by atoms with Crippen molar-refractivity contribution in [2.75, 3.05) is 54.1 Å². The molecule has 0 aliphatic carbocycles. The van der Waals surface area contributed by atoms with Crippen LogP contribution in [0.5, 0.6) is 0 Å². The van der Waals surface area contributed by atoms with E-state index in [1.165, 1.54) is 25.7 Å². The number of rotatable bonds is 34. The van der Waals surface area contributed by atoms with E-state index < -0.39 is 13.9 Å². The molecule has 0 rings (SSSR count). The molecule has 0 saturated heterocycles. The third kappa shape index (κ3) is 37.3. The number of nitrogens with zero attached hydrogens (tertiary/aromatic N) is 1. The number of phosphoric ester groups is 1. The highest BCUT2D eigenvalue weighted by Crippen LogP contribution is 2.38. The fourth-order valence-corrected chi connectivity index (χ4v) is 5.30. The van der Waals surface area contributed by atoms with Crippen LogP contribution in [-0.4, -0.2) is 70.7 Å². The van der Waals surface area contributed by atoms with E-state index in [-0.39, 0.29) is 25.8 Å². The van der Waals surface area contributed by atoms with Crippen LogP contribution in [0.15, 0.2) is 60.8 Å². The van der Waals surface area contributed by atoms with Crippen LogP contribution in [-0.2, 0) is 27.9 Å². The lowest BCUT2D eigenvalue weighted by Crippen LogP contribution is -2.37. The summed E-state index contributed by atoms with van der Waals surface area (Å²) in [5.41, 5.74) is 0. The summed E-state index contributed by atoms with van der Waals surface area (Å²) in [6, 6.07) is 0. The molecule has 2 atom stereocenters. The highest BCUT2D eigenvalue weighted by molar-refractivity contribution is 7.45. The Labute approximate surface area is 300 Å². The topological polar surface area (TPSA) is 94.1 Å². The smallest absolute Gasteiger partial charge is 0.306 e. The molecule has 0 heterocycles. The van der Waals surface area contributed by atoms with Crippen LogP contribution in [0.25, 0.3) is 0 Å². The number of hydrogen-bond donors (Lipinski definition) is 0. The molecule has 0 aromatic heterocycles. The van der Waals surface area contributed by atoms with Crippen molar-refractivity contribution in [2.45, 2.75) is 136 Å². The van der Waals surface area contributed by atoms with Crippen LogP contribution < -0.4 is 4.89 Å². The highest BCUT2D eigenvalue weighted by atomic mass is 31.2. The summed E-state index contributed by atoms with van der Waals surface area (Å²) >= 11 is 0. The van der Waals surface area contributed by atoms with Crippen molar-refractivity contribution < 1.29 is 37.3 Å². The van der Waals surface area contributed by atoms with E-state index in [1.54, 1.807) is 0 Å². The molecule has 49 heavy (non-hydrogen) atoms. The average Bonchev–Trinajstić information content (AvgIpc) is 3.04. The Morgan fingerprint density at radius 1 is 0.653 bits per heavy atom. The molecule has 0 aliphatic rings. The van der Waals surface area contributed by atoms with Gasteiger partial charge in [0.05, 0.1) is 34.4 Å². The van der Waals surface area contributed by atoms with Crippen molar-refractivity contribution in [1.29, 1.82) is 0 Å². The third-order valence-corrected chi connectivity index (χ3v) is 8.52. The molecule has 0 aromatic carbocycles. The monoisotopic (exact) mass is 710 g/mol. The molecule has 9 heteroatoms. The second-order valence-electron chi connectivity index (χ2n) is 13.5. The van der Waals surface area contributed by atoms with Crippen LogP contribution in [0.4, 0.5) is 0 Å². The predicted octanol–water partition coefficient (Wildman–Crippen LogP) is 9.97. The lowest BCUT2D eigenvalue weighted by atomic mass is 10.1. The number of quaternary nitrogens is 1. The average molecular weight is 710 g/mol. The summed E-state index contributed by atoms with van der Waals surface area (Å²) in [5.74, 6) is -0.360. The molecule has 0 fully saturated rings. The Kier molecular flexibility index (Phi) is 32.1. The summed E-state index contributed by atoms with van der Waals surface area (Å²) in [5, 5.41) is 0. The number of hydrogen-bond acceptors (Lipinski definition) is 7. The van der Waals surface area contributed by atoms with E-state index in [0.717, 1.165) is 83.5 Å². The van der Waals surface area contributed by atoms with Crippen LogP contribution in [0.3, 0.4) is 0 Å². The second-order valence-corrected chi connectivity index (χ2v) is 15.0. The van der Waals surface area contributed by atoms with Gasteiger partial charge in [-0.1, -0.05) is 113 Å². The van der Waals surface area contributed by atoms with Crippen LogP contribution in [0, 0.1) is 0 Å². The van der Waals surface area contributed by atoms with Crippen molar-refractivity contribution >= 4 is 13.8 Å². The van der Waals surface area contributed by atoms with Crippen LogP contribution >= 0.6 is 7.82 Å².